The molecule has 2 heterocycles. The Kier molecular flexibility index (Phi) is 4.56. The molecule has 0 fully saturated rings. The number of nitriles is 1. The topological polar surface area (TPSA) is 85.2 Å². The van der Waals surface area contributed by atoms with Gasteiger partial charge in [-0.25, -0.2) is 0 Å². The SMILES string of the molecule is N#Cc1ccc(Cn2c(=O)c3cc4ccccc4cc3n3nc(Oc4ccccc4)nc23)cc1. The molecule has 0 saturated carbocycles. The average molecular weight is 443 g/mol. The zero-order valence-corrected chi connectivity index (χ0v) is 17.9. The second-order valence-corrected chi connectivity index (χ2v) is 7.94. The average Bonchev–Trinajstić information content (AvgIpc) is 3.30. The largest absolute Gasteiger partial charge is 0.423 e. The fraction of sp³-hybridized carbons (Fsp3) is 0.0370. The molecule has 2 aromatic heterocycles. The van der Waals surface area contributed by atoms with Crippen molar-refractivity contribution >= 4 is 27.5 Å². The Balaban J connectivity index is 1.59. The lowest BCUT2D eigenvalue weighted by Crippen LogP contribution is -2.24. The van der Waals surface area contributed by atoms with E-state index in [2.05, 4.69) is 16.2 Å². The molecule has 7 heteroatoms. The van der Waals surface area contributed by atoms with Gasteiger partial charge in [0.2, 0.25) is 5.78 Å². The molecule has 0 unspecified atom stereocenters. The molecule has 0 amide bonds. The van der Waals surface area contributed by atoms with E-state index < -0.39 is 0 Å². The van der Waals surface area contributed by atoms with Crippen molar-refractivity contribution < 1.29 is 4.74 Å². The molecule has 0 N–H and O–H groups in total. The number of aromatic nitrogens is 4. The Hall–Kier alpha value is -4.96. The van der Waals surface area contributed by atoms with Gasteiger partial charge in [-0.3, -0.25) is 9.36 Å². The predicted octanol–water partition coefficient (Wildman–Crippen LogP) is 4.91. The minimum atomic E-state index is -0.170. The van der Waals surface area contributed by atoms with Crippen molar-refractivity contribution in [1.29, 1.82) is 5.26 Å². The van der Waals surface area contributed by atoms with Crippen LogP contribution in [0.1, 0.15) is 11.1 Å². The van der Waals surface area contributed by atoms with Gasteiger partial charge in [-0.05, 0) is 52.7 Å². The number of ether oxygens (including phenoxy) is 1. The van der Waals surface area contributed by atoms with Crippen LogP contribution in [-0.4, -0.2) is 19.2 Å². The fourth-order valence-corrected chi connectivity index (χ4v) is 4.08. The molecule has 162 valence electrons. The van der Waals surface area contributed by atoms with E-state index >= 15 is 0 Å². The summed E-state index contributed by atoms with van der Waals surface area (Å²) in [5, 5.41) is 16.2. The van der Waals surface area contributed by atoms with Crippen molar-refractivity contribution in [2.45, 2.75) is 6.54 Å². The first-order chi connectivity index (χ1) is 16.7. The van der Waals surface area contributed by atoms with Gasteiger partial charge in [0.1, 0.15) is 5.75 Å². The van der Waals surface area contributed by atoms with Crippen molar-refractivity contribution in [1.82, 2.24) is 19.2 Å². The van der Waals surface area contributed by atoms with Crippen molar-refractivity contribution in [3.63, 3.8) is 0 Å². The molecule has 4 aromatic carbocycles. The molecule has 0 aliphatic heterocycles. The zero-order chi connectivity index (χ0) is 23.1. The molecule has 0 atom stereocenters. The number of rotatable bonds is 4. The molecule has 0 spiro atoms. The maximum absolute atomic E-state index is 13.7. The lowest BCUT2D eigenvalue weighted by Gasteiger charge is -2.11. The van der Waals surface area contributed by atoms with Gasteiger partial charge >= 0.3 is 6.01 Å². The Labute approximate surface area is 193 Å². The number of nitrogens with zero attached hydrogens (tertiary/aromatic N) is 5. The highest BCUT2D eigenvalue weighted by atomic mass is 16.5. The highest BCUT2D eigenvalue weighted by molar-refractivity contribution is 5.96. The van der Waals surface area contributed by atoms with Gasteiger partial charge in [-0.1, -0.05) is 54.6 Å². The van der Waals surface area contributed by atoms with E-state index in [0.717, 1.165) is 16.3 Å². The second-order valence-electron chi connectivity index (χ2n) is 7.94. The van der Waals surface area contributed by atoms with Gasteiger partial charge in [0.05, 0.1) is 29.1 Å². The number of hydrogen-bond donors (Lipinski definition) is 0. The van der Waals surface area contributed by atoms with Crippen LogP contribution in [0, 0.1) is 11.3 Å². The van der Waals surface area contributed by atoms with Crippen molar-refractivity contribution in [2.24, 2.45) is 0 Å². The summed E-state index contributed by atoms with van der Waals surface area (Å²) in [6.07, 6.45) is 0. The summed E-state index contributed by atoms with van der Waals surface area (Å²) >= 11 is 0. The summed E-state index contributed by atoms with van der Waals surface area (Å²) in [6, 6.07) is 30.4. The van der Waals surface area contributed by atoms with Crippen LogP contribution in [0.3, 0.4) is 0 Å². The van der Waals surface area contributed by atoms with E-state index in [1.54, 1.807) is 21.2 Å². The Morgan fingerprint density at radius 3 is 2.32 bits per heavy atom. The van der Waals surface area contributed by atoms with E-state index in [1.807, 2.05) is 78.9 Å². The van der Waals surface area contributed by atoms with Crippen LogP contribution in [0.5, 0.6) is 11.8 Å². The molecule has 0 saturated heterocycles. The molecule has 0 aliphatic rings. The van der Waals surface area contributed by atoms with E-state index in [-0.39, 0.29) is 18.1 Å². The first-order valence-corrected chi connectivity index (χ1v) is 10.7. The third kappa shape index (κ3) is 3.34. The second kappa shape index (κ2) is 7.87. The van der Waals surface area contributed by atoms with Crippen LogP contribution in [0.25, 0.3) is 27.5 Å². The van der Waals surface area contributed by atoms with E-state index in [1.165, 1.54) is 0 Å². The molecule has 7 nitrogen and oxygen atoms in total. The van der Waals surface area contributed by atoms with Crippen molar-refractivity contribution in [2.75, 3.05) is 0 Å². The third-order valence-corrected chi connectivity index (χ3v) is 5.76. The van der Waals surface area contributed by atoms with Crippen LogP contribution in [0.15, 0.2) is 95.8 Å². The number of benzene rings is 4. The quantitative estimate of drug-likeness (QED) is 0.362. The van der Waals surface area contributed by atoms with Gasteiger partial charge in [-0.15, -0.1) is 5.10 Å². The van der Waals surface area contributed by atoms with Crippen LogP contribution < -0.4 is 10.3 Å². The van der Waals surface area contributed by atoms with Gasteiger partial charge in [0, 0.05) is 0 Å². The zero-order valence-electron chi connectivity index (χ0n) is 17.9. The van der Waals surface area contributed by atoms with Gasteiger partial charge in [-0.2, -0.15) is 14.8 Å². The normalized spacial score (nSPS) is 11.1. The van der Waals surface area contributed by atoms with Gasteiger partial charge in [0.15, 0.2) is 0 Å². The Morgan fingerprint density at radius 1 is 0.882 bits per heavy atom. The maximum Gasteiger partial charge on any atom is 0.343 e. The summed E-state index contributed by atoms with van der Waals surface area (Å²) in [6.45, 7) is 0.278. The molecule has 6 rings (SSSR count). The van der Waals surface area contributed by atoms with Crippen LogP contribution >= 0.6 is 0 Å². The fourth-order valence-electron chi connectivity index (χ4n) is 4.08. The van der Waals surface area contributed by atoms with Crippen LogP contribution in [0.4, 0.5) is 0 Å². The van der Waals surface area contributed by atoms with Crippen LogP contribution in [0.2, 0.25) is 0 Å². The number of hydrogen-bond acceptors (Lipinski definition) is 5. The molecule has 0 radical (unpaired) electrons. The smallest absolute Gasteiger partial charge is 0.343 e. The summed E-state index contributed by atoms with van der Waals surface area (Å²) < 4.78 is 9.13. The molecular formula is C27H17N5O2. The van der Waals surface area contributed by atoms with Gasteiger partial charge < -0.3 is 4.74 Å². The summed E-state index contributed by atoms with van der Waals surface area (Å²) in [5.74, 6) is 0.984. The third-order valence-electron chi connectivity index (χ3n) is 5.76. The Morgan fingerprint density at radius 2 is 1.59 bits per heavy atom. The summed E-state index contributed by atoms with van der Waals surface area (Å²) in [5.41, 5.74) is 1.92. The molecule has 0 bridgehead atoms. The summed E-state index contributed by atoms with van der Waals surface area (Å²) in [7, 11) is 0. The first-order valence-electron chi connectivity index (χ1n) is 10.7. The van der Waals surface area contributed by atoms with Crippen molar-refractivity contribution in [3.05, 3.63) is 112 Å². The number of para-hydroxylation sites is 1. The first kappa shape index (κ1) is 19.7. The Bertz CT molecular complexity index is 1780. The van der Waals surface area contributed by atoms with E-state index in [9.17, 15) is 4.79 Å². The maximum atomic E-state index is 13.7. The van der Waals surface area contributed by atoms with Gasteiger partial charge in [0.25, 0.3) is 5.56 Å². The predicted molar refractivity (Wildman–Crippen MR) is 129 cm³/mol. The van der Waals surface area contributed by atoms with Crippen molar-refractivity contribution in [3.8, 4) is 17.8 Å². The summed E-state index contributed by atoms with van der Waals surface area (Å²) in [4.78, 5) is 18.2. The molecule has 34 heavy (non-hydrogen) atoms. The lowest BCUT2D eigenvalue weighted by molar-refractivity contribution is 0.443. The highest BCUT2D eigenvalue weighted by Gasteiger charge is 2.17. The van der Waals surface area contributed by atoms with E-state index in [0.29, 0.717) is 28.0 Å². The molecule has 0 aliphatic carbocycles. The number of fused-ring (bicyclic) bond motifs is 4. The minimum absolute atomic E-state index is 0.153. The highest BCUT2D eigenvalue weighted by Crippen LogP contribution is 2.24. The molecular weight excluding hydrogens is 426 g/mol. The monoisotopic (exact) mass is 443 g/mol. The molecule has 6 aromatic rings. The van der Waals surface area contributed by atoms with Crippen LogP contribution in [-0.2, 0) is 6.54 Å². The van der Waals surface area contributed by atoms with E-state index in [4.69, 9.17) is 10.00 Å². The lowest BCUT2D eigenvalue weighted by atomic mass is 10.1. The standard InChI is InChI=1S/C27H17N5O2/c28-16-18-10-12-19(13-11-18)17-31-25(33)23-14-20-6-4-5-7-21(20)15-24(23)32-27(31)29-26(30-32)34-22-8-2-1-3-9-22/h1-15H,17H2. The minimum Gasteiger partial charge on any atom is -0.423 e.